The second-order valence-corrected chi connectivity index (χ2v) is 5.20. The normalized spacial score (nSPS) is 51.7. The quantitative estimate of drug-likeness (QED) is 0.614. The van der Waals surface area contributed by atoms with Gasteiger partial charge in [-0.1, -0.05) is 12.2 Å². The van der Waals surface area contributed by atoms with E-state index in [0.29, 0.717) is 24.2 Å². The molecule has 4 heteroatoms. The maximum Gasteiger partial charge on any atom is 0.523 e. The van der Waals surface area contributed by atoms with Crippen molar-refractivity contribution in [2.24, 2.45) is 23.7 Å². The van der Waals surface area contributed by atoms with E-state index in [1.165, 1.54) is 0 Å². The minimum absolute atomic E-state index is 0.0918. The zero-order chi connectivity index (χ0) is 10.8. The number of alkyl halides is 3. The summed E-state index contributed by atoms with van der Waals surface area (Å²) in [6.45, 7) is 1.61. The lowest BCUT2D eigenvalue weighted by Crippen LogP contribution is -2.57. The van der Waals surface area contributed by atoms with Crippen molar-refractivity contribution in [1.82, 2.24) is 0 Å². The molecule has 0 aromatic heterocycles. The van der Waals surface area contributed by atoms with Crippen LogP contribution >= 0.6 is 0 Å². The molecule has 0 radical (unpaired) electrons. The van der Waals surface area contributed by atoms with Gasteiger partial charge in [0.2, 0.25) is 0 Å². The largest absolute Gasteiger partial charge is 0.523 e. The van der Waals surface area contributed by atoms with E-state index in [4.69, 9.17) is 0 Å². The van der Waals surface area contributed by atoms with Gasteiger partial charge in [-0.2, -0.15) is 0 Å². The minimum Gasteiger partial charge on any atom is -0.285 e. The molecular weight excluding hydrogens is 205 g/mol. The van der Waals surface area contributed by atoms with E-state index in [-0.39, 0.29) is 5.92 Å². The first-order valence-corrected chi connectivity index (χ1v) is 5.34. The lowest BCUT2D eigenvalue weighted by Gasteiger charge is -2.53. The van der Waals surface area contributed by atoms with Gasteiger partial charge in [-0.15, -0.1) is 13.2 Å². The van der Waals surface area contributed by atoms with Crippen LogP contribution in [0, 0.1) is 23.7 Å². The first-order valence-electron chi connectivity index (χ1n) is 5.34. The van der Waals surface area contributed by atoms with E-state index in [2.05, 4.69) is 16.9 Å². The van der Waals surface area contributed by atoms with Gasteiger partial charge in [0.15, 0.2) is 0 Å². The molecule has 84 valence electrons. The average Bonchev–Trinajstić information content (AvgIpc) is 2.55. The number of halogens is 3. The summed E-state index contributed by atoms with van der Waals surface area (Å²) in [5.41, 5.74) is -0.965. The van der Waals surface area contributed by atoms with Gasteiger partial charge in [-0.3, -0.25) is 4.74 Å². The summed E-state index contributed by atoms with van der Waals surface area (Å²) in [5.74, 6) is 1.37. The van der Waals surface area contributed by atoms with Crippen molar-refractivity contribution >= 4 is 0 Å². The Morgan fingerprint density at radius 2 is 1.93 bits per heavy atom. The molecule has 0 aliphatic heterocycles. The zero-order valence-corrected chi connectivity index (χ0v) is 8.42. The number of hydrogen-bond acceptors (Lipinski definition) is 1. The second kappa shape index (κ2) is 2.59. The molecule has 1 nitrogen and oxygen atoms in total. The van der Waals surface area contributed by atoms with E-state index >= 15 is 0 Å². The summed E-state index contributed by atoms with van der Waals surface area (Å²) in [6.07, 6.45) is 1.34. The molecule has 3 rings (SSSR count). The van der Waals surface area contributed by atoms with Crippen LogP contribution in [-0.2, 0) is 4.74 Å². The smallest absolute Gasteiger partial charge is 0.285 e. The lowest BCUT2D eigenvalue weighted by molar-refractivity contribution is -0.393. The Morgan fingerprint density at radius 1 is 1.27 bits per heavy atom. The van der Waals surface area contributed by atoms with Gasteiger partial charge < -0.3 is 0 Å². The molecule has 3 aliphatic rings. The zero-order valence-electron chi connectivity index (χ0n) is 8.42. The fourth-order valence-corrected chi connectivity index (χ4v) is 3.93. The molecule has 2 saturated carbocycles. The highest BCUT2D eigenvalue weighted by Crippen LogP contribution is 2.64. The number of fused-ring (bicyclic) bond motifs is 5. The SMILES string of the molecule is CC1(OC(F)(F)F)CC2C3C=CC(C3)C21. The second-order valence-electron chi connectivity index (χ2n) is 5.20. The third kappa shape index (κ3) is 1.27. The van der Waals surface area contributed by atoms with Crippen molar-refractivity contribution in [3.8, 4) is 0 Å². The molecule has 0 saturated heterocycles. The van der Waals surface area contributed by atoms with Crippen LogP contribution in [0.15, 0.2) is 12.2 Å². The van der Waals surface area contributed by atoms with Gasteiger partial charge in [0.05, 0.1) is 5.60 Å². The summed E-state index contributed by atoms with van der Waals surface area (Å²) in [7, 11) is 0. The van der Waals surface area contributed by atoms with Crippen molar-refractivity contribution in [2.75, 3.05) is 0 Å². The highest BCUT2D eigenvalue weighted by atomic mass is 19.4. The monoisotopic (exact) mass is 218 g/mol. The predicted molar refractivity (Wildman–Crippen MR) is 47.9 cm³/mol. The summed E-state index contributed by atoms with van der Waals surface area (Å²) in [4.78, 5) is 0. The van der Waals surface area contributed by atoms with E-state index < -0.39 is 12.0 Å². The Morgan fingerprint density at radius 3 is 2.53 bits per heavy atom. The summed E-state index contributed by atoms with van der Waals surface area (Å²) in [5, 5.41) is 0. The average molecular weight is 218 g/mol. The van der Waals surface area contributed by atoms with E-state index in [1.54, 1.807) is 6.92 Å². The van der Waals surface area contributed by atoms with Crippen LogP contribution in [0.1, 0.15) is 19.8 Å². The summed E-state index contributed by atoms with van der Waals surface area (Å²) < 4.78 is 41.0. The maximum absolute atomic E-state index is 12.2. The van der Waals surface area contributed by atoms with E-state index in [1.807, 2.05) is 0 Å². The fraction of sp³-hybridized carbons (Fsp3) is 0.818. The first-order chi connectivity index (χ1) is 6.89. The standard InChI is InChI=1S/C11H13F3O/c1-10(15-11(12,13)14)5-8-6-2-3-7(4-6)9(8)10/h2-3,6-9H,4-5H2,1H3. The summed E-state index contributed by atoms with van der Waals surface area (Å²) >= 11 is 0. The van der Waals surface area contributed by atoms with Crippen LogP contribution in [0.4, 0.5) is 13.2 Å². The number of allylic oxidation sites excluding steroid dienone is 2. The van der Waals surface area contributed by atoms with Crippen LogP contribution < -0.4 is 0 Å². The molecule has 2 bridgehead atoms. The molecule has 0 aromatic rings. The molecule has 0 aromatic carbocycles. The molecule has 0 heterocycles. The number of rotatable bonds is 1. The van der Waals surface area contributed by atoms with Gasteiger partial charge in [-0.25, -0.2) is 0 Å². The lowest BCUT2D eigenvalue weighted by atomic mass is 9.58. The molecule has 5 atom stereocenters. The third-order valence-electron chi connectivity index (χ3n) is 4.32. The molecule has 5 unspecified atom stereocenters. The van der Waals surface area contributed by atoms with Crippen molar-refractivity contribution < 1.29 is 17.9 Å². The molecule has 0 spiro atoms. The fourth-order valence-electron chi connectivity index (χ4n) is 3.93. The Kier molecular flexibility index (Phi) is 1.68. The molecular formula is C11H13F3O. The summed E-state index contributed by atoms with van der Waals surface area (Å²) in [6, 6.07) is 0. The molecule has 3 aliphatic carbocycles. The predicted octanol–water partition coefficient (Wildman–Crippen LogP) is 3.12. The van der Waals surface area contributed by atoms with Crippen molar-refractivity contribution in [1.29, 1.82) is 0 Å². The highest BCUT2D eigenvalue weighted by molar-refractivity contribution is 5.22. The van der Waals surface area contributed by atoms with Gasteiger partial charge in [0.1, 0.15) is 0 Å². The third-order valence-corrected chi connectivity index (χ3v) is 4.32. The Hall–Kier alpha value is -0.510. The van der Waals surface area contributed by atoms with E-state index in [9.17, 15) is 13.2 Å². The van der Waals surface area contributed by atoms with Gasteiger partial charge in [0, 0.05) is 0 Å². The number of hydrogen-bond donors (Lipinski definition) is 0. The topological polar surface area (TPSA) is 9.23 Å². The van der Waals surface area contributed by atoms with E-state index in [0.717, 1.165) is 6.42 Å². The Labute approximate surface area is 86.3 Å². The van der Waals surface area contributed by atoms with Gasteiger partial charge in [0.25, 0.3) is 0 Å². The van der Waals surface area contributed by atoms with Crippen LogP contribution in [0.2, 0.25) is 0 Å². The van der Waals surface area contributed by atoms with Crippen LogP contribution in [-0.4, -0.2) is 12.0 Å². The molecule has 0 amide bonds. The highest BCUT2D eigenvalue weighted by Gasteiger charge is 2.64. The maximum atomic E-state index is 12.2. The minimum atomic E-state index is -4.49. The number of ether oxygens (including phenoxy) is 1. The van der Waals surface area contributed by atoms with Crippen molar-refractivity contribution in [2.45, 2.75) is 31.7 Å². The van der Waals surface area contributed by atoms with Crippen molar-refractivity contribution in [3.05, 3.63) is 12.2 Å². The van der Waals surface area contributed by atoms with Crippen LogP contribution in [0.5, 0.6) is 0 Å². The van der Waals surface area contributed by atoms with Crippen LogP contribution in [0.3, 0.4) is 0 Å². The first kappa shape index (κ1) is 9.70. The Balaban J connectivity index is 1.78. The van der Waals surface area contributed by atoms with Gasteiger partial charge in [-0.05, 0) is 43.4 Å². The molecule has 15 heavy (non-hydrogen) atoms. The van der Waals surface area contributed by atoms with Gasteiger partial charge >= 0.3 is 6.36 Å². The van der Waals surface area contributed by atoms with Crippen molar-refractivity contribution in [3.63, 3.8) is 0 Å². The molecule has 2 fully saturated rings. The molecule has 0 N–H and O–H groups in total. The van der Waals surface area contributed by atoms with Crippen LogP contribution in [0.25, 0.3) is 0 Å². The Bertz CT molecular complexity index is 322.